The molecule has 1 heterocycles. The lowest BCUT2D eigenvalue weighted by atomic mass is 10.0. The third-order valence-corrected chi connectivity index (χ3v) is 7.06. The fourth-order valence-corrected chi connectivity index (χ4v) is 4.66. The smallest absolute Gasteiger partial charge is 0.407 e. The van der Waals surface area contributed by atoms with Gasteiger partial charge in [0.15, 0.2) is 0 Å². The van der Waals surface area contributed by atoms with Crippen LogP contribution in [0, 0.1) is 11.8 Å². The Morgan fingerprint density at radius 2 is 1.61 bits per heavy atom. The molecule has 1 saturated heterocycles. The minimum absolute atomic E-state index is 0.115. The minimum atomic E-state index is -1.19. The van der Waals surface area contributed by atoms with Crippen LogP contribution >= 0.6 is 0 Å². The predicted molar refractivity (Wildman–Crippen MR) is 162 cm³/mol. The standard InChI is InChI=1S/C29H51N7O8/c1-6-10-19(24(38)27(41)32-15-22(37)33-20(25(31)39)11-7-8-13-30)34-26(40)21-12-9-14-36(21)28(42)23(18(4)5)35-29(43)44-16-17(2)3/h17-21,23H,6-16,30H2,1-5H3,(H2,31,39)(H,32,41)(H,33,37)(H,34,40)(H,35,43)/t19?,20-,21-,23-/m0/s1. The van der Waals surface area contributed by atoms with Gasteiger partial charge in [0.1, 0.15) is 18.1 Å². The second-order valence-electron chi connectivity index (χ2n) is 11.8. The Kier molecular flexibility index (Phi) is 17.0. The molecule has 1 fully saturated rings. The van der Waals surface area contributed by atoms with Crippen LogP contribution in [0.15, 0.2) is 0 Å². The number of nitrogens with zero attached hydrogens (tertiary/aromatic N) is 1. The molecule has 0 bridgehead atoms. The van der Waals surface area contributed by atoms with Gasteiger partial charge in [-0.1, -0.05) is 41.0 Å². The summed E-state index contributed by atoms with van der Waals surface area (Å²) in [7, 11) is 0. The number of ketones is 1. The summed E-state index contributed by atoms with van der Waals surface area (Å²) < 4.78 is 5.16. The van der Waals surface area contributed by atoms with Crippen molar-refractivity contribution in [3.8, 4) is 0 Å². The second-order valence-corrected chi connectivity index (χ2v) is 11.8. The van der Waals surface area contributed by atoms with Gasteiger partial charge in [-0.2, -0.15) is 0 Å². The maximum absolute atomic E-state index is 13.4. The molecule has 15 heteroatoms. The van der Waals surface area contributed by atoms with Crippen molar-refractivity contribution in [2.24, 2.45) is 23.3 Å². The number of primary amides is 1. The molecule has 6 amide bonds. The van der Waals surface area contributed by atoms with E-state index in [9.17, 15) is 33.6 Å². The summed E-state index contributed by atoms with van der Waals surface area (Å²) in [5.74, 6) is -4.70. The number of alkyl carbamates (subject to hydrolysis) is 1. The van der Waals surface area contributed by atoms with E-state index in [4.69, 9.17) is 16.2 Å². The van der Waals surface area contributed by atoms with Crippen molar-refractivity contribution in [3.05, 3.63) is 0 Å². The molecule has 250 valence electrons. The fraction of sp³-hybridized carbons (Fsp3) is 0.759. The van der Waals surface area contributed by atoms with Crippen LogP contribution < -0.4 is 32.7 Å². The first-order valence-electron chi connectivity index (χ1n) is 15.4. The Morgan fingerprint density at radius 1 is 0.932 bits per heavy atom. The van der Waals surface area contributed by atoms with E-state index in [1.807, 2.05) is 13.8 Å². The number of rotatable bonds is 19. The monoisotopic (exact) mass is 625 g/mol. The number of nitrogens with two attached hydrogens (primary N) is 2. The Bertz CT molecular complexity index is 1020. The van der Waals surface area contributed by atoms with Gasteiger partial charge in [0.2, 0.25) is 29.4 Å². The van der Waals surface area contributed by atoms with Crippen LogP contribution in [0.4, 0.5) is 4.79 Å². The average Bonchev–Trinajstić information content (AvgIpc) is 3.46. The van der Waals surface area contributed by atoms with Gasteiger partial charge in [0.25, 0.3) is 5.91 Å². The van der Waals surface area contributed by atoms with E-state index >= 15 is 0 Å². The van der Waals surface area contributed by atoms with Gasteiger partial charge in [-0.05, 0) is 56.9 Å². The number of hydrogen-bond donors (Lipinski definition) is 6. The lowest BCUT2D eigenvalue weighted by Gasteiger charge is -2.31. The first kappa shape index (κ1) is 38.3. The normalized spacial score (nSPS) is 16.5. The number of ether oxygens (including phenoxy) is 1. The van der Waals surface area contributed by atoms with Crippen LogP contribution in [0.2, 0.25) is 0 Å². The molecule has 1 aliphatic rings. The summed E-state index contributed by atoms with van der Waals surface area (Å²) in [6.07, 6.45) is 2.25. The first-order chi connectivity index (χ1) is 20.7. The summed E-state index contributed by atoms with van der Waals surface area (Å²) >= 11 is 0. The van der Waals surface area contributed by atoms with Crippen LogP contribution in [0.5, 0.6) is 0 Å². The first-order valence-corrected chi connectivity index (χ1v) is 15.4. The molecule has 8 N–H and O–H groups in total. The molecule has 44 heavy (non-hydrogen) atoms. The van der Waals surface area contributed by atoms with Crippen molar-refractivity contribution in [2.45, 2.75) is 104 Å². The van der Waals surface area contributed by atoms with E-state index in [2.05, 4.69) is 21.3 Å². The molecule has 1 unspecified atom stereocenters. The number of likely N-dealkylation sites (tertiary alicyclic amines) is 1. The summed E-state index contributed by atoms with van der Waals surface area (Å²) in [6, 6.07) is -3.96. The molecule has 0 aliphatic carbocycles. The van der Waals surface area contributed by atoms with Gasteiger partial charge >= 0.3 is 6.09 Å². The zero-order valence-electron chi connectivity index (χ0n) is 26.6. The molecular weight excluding hydrogens is 574 g/mol. The highest BCUT2D eigenvalue weighted by Crippen LogP contribution is 2.21. The van der Waals surface area contributed by atoms with Crippen molar-refractivity contribution in [2.75, 3.05) is 26.2 Å². The molecule has 15 nitrogen and oxygen atoms in total. The molecule has 0 aromatic carbocycles. The van der Waals surface area contributed by atoms with Gasteiger partial charge in [-0.25, -0.2) is 4.79 Å². The van der Waals surface area contributed by atoms with Gasteiger partial charge < -0.3 is 42.4 Å². The summed E-state index contributed by atoms with van der Waals surface area (Å²) in [6.45, 7) is 9.39. The van der Waals surface area contributed by atoms with Crippen LogP contribution in [0.1, 0.15) is 79.6 Å². The molecule has 0 spiro atoms. The predicted octanol–water partition coefficient (Wildman–Crippen LogP) is -0.546. The Labute approximate surface area is 259 Å². The van der Waals surface area contributed by atoms with Gasteiger partial charge in [-0.3, -0.25) is 28.8 Å². The van der Waals surface area contributed by atoms with Crippen LogP contribution in [0.25, 0.3) is 0 Å². The van der Waals surface area contributed by atoms with Crippen molar-refractivity contribution in [1.29, 1.82) is 0 Å². The Morgan fingerprint density at radius 3 is 2.18 bits per heavy atom. The number of carbonyl (C=O) groups excluding carboxylic acids is 7. The summed E-state index contributed by atoms with van der Waals surface area (Å²) in [5.41, 5.74) is 10.8. The van der Waals surface area contributed by atoms with Crippen molar-refractivity contribution in [1.82, 2.24) is 26.2 Å². The lowest BCUT2D eigenvalue weighted by Crippen LogP contribution is -2.57. The highest BCUT2D eigenvalue weighted by Gasteiger charge is 2.40. The van der Waals surface area contributed by atoms with E-state index in [1.54, 1.807) is 20.8 Å². The molecule has 1 aliphatic heterocycles. The van der Waals surface area contributed by atoms with Gasteiger partial charge in [0, 0.05) is 6.54 Å². The van der Waals surface area contributed by atoms with E-state index in [0.717, 1.165) is 0 Å². The number of carbonyl (C=O) groups is 7. The summed E-state index contributed by atoms with van der Waals surface area (Å²) in [5, 5.41) is 9.86. The number of nitrogens with one attached hydrogen (secondary N) is 4. The zero-order valence-corrected chi connectivity index (χ0v) is 26.6. The van der Waals surface area contributed by atoms with Gasteiger partial charge in [0.05, 0.1) is 19.2 Å². The van der Waals surface area contributed by atoms with Crippen molar-refractivity contribution in [3.63, 3.8) is 0 Å². The van der Waals surface area contributed by atoms with E-state index in [0.29, 0.717) is 38.6 Å². The molecule has 0 aromatic heterocycles. The topological polar surface area (TPSA) is 232 Å². The van der Waals surface area contributed by atoms with Crippen LogP contribution in [-0.4, -0.2) is 96.7 Å². The molecule has 0 saturated carbocycles. The highest BCUT2D eigenvalue weighted by atomic mass is 16.5. The zero-order chi connectivity index (χ0) is 33.4. The number of hydrogen-bond acceptors (Lipinski definition) is 9. The van der Waals surface area contributed by atoms with E-state index in [1.165, 1.54) is 4.90 Å². The molecule has 0 aromatic rings. The lowest BCUT2D eigenvalue weighted by molar-refractivity contribution is -0.143. The Hall–Kier alpha value is -3.75. The van der Waals surface area contributed by atoms with E-state index < -0.39 is 72.1 Å². The largest absolute Gasteiger partial charge is 0.449 e. The van der Waals surface area contributed by atoms with Crippen LogP contribution in [-0.2, 0) is 33.5 Å². The second kappa shape index (κ2) is 19.5. The van der Waals surface area contributed by atoms with Gasteiger partial charge in [-0.15, -0.1) is 0 Å². The quantitative estimate of drug-likeness (QED) is 0.0797. The Balaban J connectivity index is 2.83. The number of Topliss-reactive ketones (excluding diaryl/α,β-unsaturated/α-hetero) is 1. The van der Waals surface area contributed by atoms with Crippen LogP contribution in [0.3, 0.4) is 0 Å². The molecule has 0 radical (unpaired) electrons. The third-order valence-electron chi connectivity index (χ3n) is 7.06. The maximum atomic E-state index is 13.4. The molecule has 1 rings (SSSR count). The maximum Gasteiger partial charge on any atom is 0.407 e. The fourth-order valence-electron chi connectivity index (χ4n) is 4.66. The third kappa shape index (κ3) is 12.9. The molecule has 4 atom stereocenters. The number of amides is 6. The summed E-state index contributed by atoms with van der Waals surface area (Å²) in [4.78, 5) is 89.9. The van der Waals surface area contributed by atoms with Crippen molar-refractivity contribution < 1.29 is 38.3 Å². The number of unbranched alkanes of at least 4 members (excludes halogenated alkanes) is 1. The average molecular weight is 626 g/mol. The van der Waals surface area contributed by atoms with Crippen molar-refractivity contribution >= 4 is 41.4 Å². The minimum Gasteiger partial charge on any atom is -0.449 e. The SMILES string of the molecule is CCCC(NC(=O)[C@@H]1CCCN1C(=O)[C@@H](NC(=O)OCC(C)C)C(C)C)C(=O)C(=O)NCC(=O)N[C@@H](CCCCN)C(N)=O. The highest BCUT2D eigenvalue weighted by molar-refractivity contribution is 6.38. The van der Waals surface area contributed by atoms with E-state index in [-0.39, 0.29) is 37.8 Å². The molecular formula is C29H51N7O8.